The van der Waals surface area contributed by atoms with Crippen molar-refractivity contribution in [3.05, 3.63) is 48.3 Å². The summed E-state index contributed by atoms with van der Waals surface area (Å²) in [4.78, 5) is 27.5. The largest absolute Gasteiger partial charge is 0.444 e. The van der Waals surface area contributed by atoms with E-state index in [1.54, 1.807) is 10.9 Å². The molecule has 1 aromatic carbocycles. The Hall–Kier alpha value is -2.63. The molecule has 28 heavy (non-hydrogen) atoms. The summed E-state index contributed by atoms with van der Waals surface area (Å²) >= 11 is 0. The van der Waals surface area contributed by atoms with E-state index in [0.717, 1.165) is 36.9 Å². The molecule has 2 aliphatic heterocycles. The number of rotatable bonds is 3. The van der Waals surface area contributed by atoms with Crippen LogP contribution < -0.4 is 0 Å². The van der Waals surface area contributed by atoms with E-state index >= 15 is 0 Å². The number of aromatic nitrogens is 2. The highest BCUT2D eigenvalue weighted by Gasteiger charge is 2.46. The summed E-state index contributed by atoms with van der Waals surface area (Å²) in [6.45, 7) is 5.65. The van der Waals surface area contributed by atoms with Gasteiger partial charge in [0.25, 0.3) is 0 Å². The summed E-state index contributed by atoms with van der Waals surface area (Å²) in [5.74, 6) is 0.138. The van der Waals surface area contributed by atoms with E-state index in [0.29, 0.717) is 0 Å². The Kier molecular flexibility index (Phi) is 4.73. The fourth-order valence-corrected chi connectivity index (χ4v) is 4.44. The van der Waals surface area contributed by atoms with Crippen LogP contribution in [-0.4, -0.2) is 44.2 Å². The second-order valence-corrected chi connectivity index (χ2v) is 8.80. The van der Waals surface area contributed by atoms with Gasteiger partial charge in [-0.05, 0) is 76.8 Å². The van der Waals surface area contributed by atoms with Gasteiger partial charge in [-0.15, -0.1) is 0 Å². The Labute approximate surface area is 165 Å². The number of fused-ring (bicyclic) bond motifs is 2. The summed E-state index contributed by atoms with van der Waals surface area (Å²) in [7, 11) is 0. The van der Waals surface area contributed by atoms with E-state index in [4.69, 9.17) is 4.74 Å². The van der Waals surface area contributed by atoms with Crippen LogP contribution in [0.4, 0.5) is 4.79 Å². The van der Waals surface area contributed by atoms with Crippen molar-refractivity contribution < 1.29 is 14.3 Å². The molecule has 0 aliphatic carbocycles. The van der Waals surface area contributed by atoms with Crippen LogP contribution >= 0.6 is 0 Å². The van der Waals surface area contributed by atoms with Crippen LogP contribution in [0.3, 0.4) is 0 Å². The molecular formula is C22H27N3O3. The molecule has 2 atom stereocenters. The number of Topliss-reactive ketones (excluding diaryl/α,β-unsaturated/α-hetero) is 1. The molecule has 2 saturated heterocycles. The highest BCUT2D eigenvalue weighted by molar-refractivity contribution is 5.98. The van der Waals surface area contributed by atoms with Crippen molar-refractivity contribution in [1.82, 2.24) is 14.7 Å². The van der Waals surface area contributed by atoms with Gasteiger partial charge in [0, 0.05) is 36.0 Å². The standard InChI is InChI=1S/C22H27N3O3/c1-22(2,3)28-21(27)25-18-9-10-19(25)14-16(13-18)20(26)15-5-7-17(8-6-15)24-12-4-11-23-24/h4-8,11-12,16,18-19H,9-10,13-14H2,1-3H3. The molecule has 0 radical (unpaired) electrons. The van der Waals surface area contributed by atoms with Crippen molar-refractivity contribution in [2.45, 2.75) is 64.1 Å². The predicted octanol–water partition coefficient (Wildman–Crippen LogP) is 4.23. The maximum atomic E-state index is 13.1. The van der Waals surface area contributed by atoms with Crippen molar-refractivity contribution in [1.29, 1.82) is 0 Å². The molecule has 1 amide bonds. The zero-order chi connectivity index (χ0) is 19.9. The first-order valence-electron chi connectivity index (χ1n) is 9.97. The second kappa shape index (κ2) is 7.08. The zero-order valence-corrected chi connectivity index (χ0v) is 16.7. The van der Waals surface area contributed by atoms with E-state index in [-0.39, 0.29) is 29.9 Å². The van der Waals surface area contributed by atoms with Gasteiger partial charge in [-0.3, -0.25) is 4.79 Å². The fourth-order valence-electron chi connectivity index (χ4n) is 4.44. The van der Waals surface area contributed by atoms with E-state index in [2.05, 4.69) is 5.10 Å². The van der Waals surface area contributed by atoms with Crippen LogP contribution in [0.1, 0.15) is 56.8 Å². The Morgan fingerprint density at radius 1 is 1.07 bits per heavy atom. The number of amides is 1. The van der Waals surface area contributed by atoms with Crippen LogP contribution in [-0.2, 0) is 4.74 Å². The van der Waals surface area contributed by atoms with Crippen molar-refractivity contribution in [2.75, 3.05) is 0 Å². The average Bonchev–Trinajstić information content (AvgIpc) is 3.26. The van der Waals surface area contributed by atoms with Crippen LogP contribution in [0.5, 0.6) is 0 Å². The summed E-state index contributed by atoms with van der Waals surface area (Å²) < 4.78 is 7.35. The highest BCUT2D eigenvalue weighted by Crippen LogP contribution is 2.40. The lowest BCUT2D eigenvalue weighted by molar-refractivity contribution is 0.00254. The van der Waals surface area contributed by atoms with Crippen molar-refractivity contribution in [3.63, 3.8) is 0 Å². The third kappa shape index (κ3) is 3.68. The molecule has 2 bridgehead atoms. The summed E-state index contributed by atoms with van der Waals surface area (Å²) in [6, 6.07) is 9.67. The lowest BCUT2D eigenvalue weighted by Gasteiger charge is -2.39. The molecule has 148 valence electrons. The van der Waals surface area contributed by atoms with Gasteiger partial charge in [-0.1, -0.05) is 0 Å². The first-order chi connectivity index (χ1) is 13.3. The summed E-state index contributed by atoms with van der Waals surface area (Å²) in [6.07, 6.45) is 6.70. The lowest BCUT2D eigenvalue weighted by Crippen LogP contribution is -2.49. The van der Waals surface area contributed by atoms with Gasteiger partial charge in [-0.25, -0.2) is 9.48 Å². The average molecular weight is 381 g/mol. The van der Waals surface area contributed by atoms with E-state index in [1.807, 2.05) is 62.2 Å². The number of hydrogen-bond donors (Lipinski definition) is 0. The third-order valence-electron chi connectivity index (χ3n) is 5.63. The van der Waals surface area contributed by atoms with Crippen LogP contribution in [0.25, 0.3) is 5.69 Å². The smallest absolute Gasteiger partial charge is 0.410 e. The maximum Gasteiger partial charge on any atom is 0.410 e. The zero-order valence-electron chi connectivity index (χ0n) is 16.7. The Morgan fingerprint density at radius 3 is 2.25 bits per heavy atom. The SMILES string of the molecule is CC(C)(C)OC(=O)N1C2CCC1CC(C(=O)c1ccc(-n3cccn3)cc1)C2. The van der Waals surface area contributed by atoms with E-state index in [9.17, 15) is 9.59 Å². The second-order valence-electron chi connectivity index (χ2n) is 8.80. The molecule has 2 aliphatic rings. The third-order valence-corrected chi connectivity index (χ3v) is 5.63. The normalized spacial score (nSPS) is 24.2. The molecular weight excluding hydrogens is 354 g/mol. The number of ketones is 1. The number of piperidine rings is 1. The van der Waals surface area contributed by atoms with Crippen molar-refractivity contribution in [2.24, 2.45) is 5.92 Å². The Bertz CT molecular complexity index is 838. The molecule has 0 spiro atoms. The molecule has 0 N–H and O–H groups in total. The molecule has 6 nitrogen and oxygen atoms in total. The summed E-state index contributed by atoms with van der Waals surface area (Å²) in [5, 5.41) is 4.21. The minimum absolute atomic E-state index is 0.0354. The number of hydrogen-bond acceptors (Lipinski definition) is 4. The van der Waals surface area contributed by atoms with Gasteiger partial charge in [-0.2, -0.15) is 5.10 Å². The molecule has 6 heteroatoms. The van der Waals surface area contributed by atoms with Gasteiger partial charge < -0.3 is 9.64 Å². The Balaban J connectivity index is 1.44. The van der Waals surface area contributed by atoms with Gasteiger partial charge in [0.1, 0.15) is 5.60 Å². The molecule has 0 saturated carbocycles. The van der Waals surface area contributed by atoms with Crippen LogP contribution in [0.2, 0.25) is 0 Å². The number of ether oxygens (including phenoxy) is 1. The summed E-state index contributed by atoms with van der Waals surface area (Å²) in [5.41, 5.74) is 1.16. The molecule has 2 unspecified atom stereocenters. The van der Waals surface area contributed by atoms with Crippen LogP contribution in [0, 0.1) is 5.92 Å². The van der Waals surface area contributed by atoms with Crippen LogP contribution in [0.15, 0.2) is 42.7 Å². The maximum absolute atomic E-state index is 13.1. The molecule has 1 aromatic heterocycles. The molecule has 2 fully saturated rings. The number of nitrogens with zero attached hydrogens (tertiary/aromatic N) is 3. The number of carbonyl (C=O) groups is 2. The van der Waals surface area contributed by atoms with E-state index < -0.39 is 5.60 Å². The van der Waals surface area contributed by atoms with Gasteiger partial charge in [0.2, 0.25) is 0 Å². The predicted molar refractivity (Wildman–Crippen MR) is 106 cm³/mol. The highest BCUT2D eigenvalue weighted by atomic mass is 16.6. The van der Waals surface area contributed by atoms with Gasteiger partial charge in [0.05, 0.1) is 5.69 Å². The molecule has 4 rings (SSSR count). The number of carbonyl (C=O) groups excluding carboxylic acids is 2. The lowest BCUT2D eigenvalue weighted by atomic mass is 9.85. The first kappa shape index (κ1) is 18.7. The molecule has 2 aromatic rings. The van der Waals surface area contributed by atoms with E-state index in [1.165, 1.54) is 0 Å². The number of benzene rings is 1. The Morgan fingerprint density at radius 2 is 1.71 bits per heavy atom. The fraction of sp³-hybridized carbons (Fsp3) is 0.500. The first-order valence-corrected chi connectivity index (χ1v) is 9.97. The minimum atomic E-state index is -0.500. The monoisotopic (exact) mass is 381 g/mol. The van der Waals surface area contributed by atoms with Crippen molar-refractivity contribution in [3.8, 4) is 5.69 Å². The van der Waals surface area contributed by atoms with Gasteiger partial charge >= 0.3 is 6.09 Å². The minimum Gasteiger partial charge on any atom is -0.444 e. The van der Waals surface area contributed by atoms with Crippen molar-refractivity contribution >= 4 is 11.9 Å². The quantitative estimate of drug-likeness (QED) is 0.746. The van der Waals surface area contributed by atoms with Gasteiger partial charge in [0.15, 0.2) is 5.78 Å². The molecule has 3 heterocycles. The topological polar surface area (TPSA) is 64.4 Å².